The largest absolute Gasteiger partial charge is 0.379 e. The van der Waals surface area contributed by atoms with Gasteiger partial charge in [0, 0.05) is 25.2 Å². The molecule has 1 N–H and O–H groups in total. The number of ether oxygens (including phenoxy) is 1. The van der Waals surface area contributed by atoms with Gasteiger partial charge in [0.1, 0.15) is 0 Å². The average Bonchev–Trinajstić information content (AvgIpc) is 3.20. The van der Waals surface area contributed by atoms with Crippen LogP contribution >= 0.6 is 11.3 Å². The number of sulfonamides is 1. The molecule has 1 aliphatic rings. The molecule has 0 bridgehead atoms. The first-order valence-corrected chi connectivity index (χ1v) is 10.9. The molecule has 1 aromatic carbocycles. The van der Waals surface area contributed by atoms with E-state index >= 15 is 0 Å². The van der Waals surface area contributed by atoms with Crippen LogP contribution in [0.4, 0.5) is 0 Å². The smallest absolute Gasteiger partial charge is 0.251 e. The predicted octanol–water partition coefficient (Wildman–Crippen LogP) is 2.26. The van der Waals surface area contributed by atoms with Crippen LogP contribution in [0, 0.1) is 0 Å². The van der Waals surface area contributed by atoms with Crippen LogP contribution in [0.3, 0.4) is 0 Å². The zero-order valence-corrected chi connectivity index (χ0v) is 16.2. The van der Waals surface area contributed by atoms with Gasteiger partial charge in [-0.25, -0.2) is 8.42 Å². The Kier molecular flexibility index (Phi) is 6.08. The molecule has 0 unspecified atom stereocenters. The lowest BCUT2D eigenvalue weighted by Crippen LogP contribution is -2.41. The Bertz CT molecular complexity index is 857. The van der Waals surface area contributed by atoms with E-state index in [1.807, 2.05) is 23.8 Å². The first-order valence-electron chi connectivity index (χ1n) is 8.52. The molecule has 0 spiro atoms. The number of thiophene rings is 1. The number of benzene rings is 1. The van der Waals surface area contributed by atoms with Crippen LogP contribution in [0.5, 0.6) is 0 Å². The van der Waals surface area contributed by atoms with Gasteiger partial charge in [0.2, 0.25) is 10.0 Å². The van der Waals surface area contributed by atoms with Gasteiger partial charge in [-0.05, 0) is 46.5 Å². The van der Waals surface area contributed by atoms with E-state index in [1.165, 1.54) is 10.4 Å². The average molecular weight is 395 g/mol. The van der Waals surface area contributed by atoms with Gasteiger partial charge < -0.3 is 10.1 Å². The summed E-state index contributed by atoms with van der Waals surface area (Å²) in [5.41, 5.74) is 2.09. The molecule has 0 saturated carbocycles. The second-order valence-electron chi connectivity index (χ2n) is 6.01. The summed E-state index contributed by atoms with van der Waals surface area (Å²) in [4.78, 5) is 12.7. The maximum atomic E-state index is 13.0. The number of hydrogen-bond acceptors (Lipinski definition) is 5. The molecule has 2 aromatic rings. The molecule has 1 saturated heterocycles. The van der Waals surface area contributed by atoms with Crippen LogP contribution in [-0.2, 0) is 27.7 Å². The molecule has 3 rings (SSSR count). The first-order chi connectivity index (χ1) is 12.5. The van der Waals surface area contributed by atoms with E-state index < -0.39 is 10.0 Å². The Morgan fingerprint density at radius 3 is 2.69 bits per heavy atom. The van der Waals surface area contributed by atoms with E-state index in [1.54, 1.807) is 23.5 Å². The van der Waals surface area contributed by atoms with E-state index in [0.717, 1.165) is 5.56 Å². The Morgan fingerprint density at radius 1 is 1.27 bits per heavy atom. The number of carbonyl (C=O) groups is 1. The molecular weight excluding hydrogens is 372 g/mol. The van der Waals surface area contributed by atoms with E-state index in [9.17, 15) is 13.2 Å². The molecule has 1 fully saturated rings. The Hall–Kier alpha value is -1.74. The van der Waals surface area contributed by atoms with Gasteiger partial charge in [0.25, 0.3) is 5.91 Å². The van der Waals surface area contributed by atoms with Gasteiger partial charge >= 0.3 is 0 Å². The number of amides is 1. The van der Waals surface area contributed by atoms with Crippen molar-refractivity contribution in [1.29, 1.82) is 0 Å². The highest BCUT2D eigenvalue weighted by Gasteiger charge is 2.29. The third-order valence-corrected chi connectivity index (χ3v) is 7.04. The van der Waals surface area contributed by atoms with Gasteiger partial charge in [-0.1, -0.05) is 13.0 Å². The number of rotatable bonds is 6. The summed E-state index contributed by atoms with van der Waals surface area (Å²) >= 11 is 1.57. The maximum Gasteiger partial charge on any atom is 0.251 e. The number of hydrogen-bond donors (Lipinski definition) is 1. The summed E-state index contributed by atoms with van der Waals surface area (Å²) in [5, 5.41) is 6.75. The van der Waals surface area contributed by atoms with Gasteiger partial charge in [-0.3, -0.25) is 4.79 Å². The zero-order chi connectivity index (χ0) is 18.6. The molecule has 8 heteroatoms. The van der Waals surface area contributed by atoms with E-state index in [-0.39, 0.29) is 10.8 Å². The molecule has 2 heterocycles. The van der Waals surface area contributed by atoms with Gasteiger partial charge in [-0.2, -0.15) is 15.6 Å². The molecule has 0 aliphatic carbocycles. The molecule has 0 radical (unpaired) electrons. The van der Waals surface area contributed by atoms with Crippen molar-refractivity contribution in [2.24, 2.45) is 0 Å². The Morgan fingerprint density at radius 2 is 2.04 bits per heavy atom. The van der Waals surface area contributed by atoms with Crippen molar-refractivity contribution in [2.75, 3.05) is 26.3 Å². The SMILES string of the molecule is CCc1ccc(C(=O)NCc2ccsc2)cc1S(=O)(=O)N1CCOCC1. The van der Waals surface area contributed by atoms with Crippen LogP contribution in [0.1, 0.15) is 28.4 Å². The maximum absolute atomic E-state index is 13.0. The van der Waals surface area contributed by atoms with Gasteiger partial charge in [0.15, 0.2) is 0 Å². The summed E-state index contributed by atoms with van der Waals surface area (Å²) in [6, 6.07) is 6.85. The third-order valence-electron chi connectivity index (χ3n) is 4.33. The summed E-state index contributed by atoms with van der Waals surface area (Å²) in [6.07, 6.45) is 0.579. The highest BCUT2D eigenvalue weighted by molar-refractivity contribution is 7.89. The highest BCUT2D eigenvalue weighted by Crippen LogP contribution is 2.23. The minimum absolute atomic E-state index is 0.213. The quantitative estimate of drug-likeness (QED) is 0.815. The number of nitrogens with zero attached hydrogens (tertiary/aromatic N) is 1. The minimum atomic E-state index is -3.64. The van der Waals surface area contributed by atoms with Crippen LogP contribution < -0.4 is 5.32 Å². The van der Waals surface area contributed by atoms with Crippen LogP contribution in [0.15, 0.2) is 39.9 Å². The fraction of sp³-hybridized carbons (Fsp3) is 0.389. The summed E-state index contributed by atoms with van der Waals surface area (Å²) < 4.78 is 32.7. The third kappa shape index (κ3) is 4.15. The van der Waals surface area contributed by atoms with E-state index in [2.05, 4.69) is 5.32 Å². The monoisotopic (exact) mass is 394 g/mol. The lowest BCUT2D eigenvalue weighted by Gasteiger charge is -2.27. The van der Waals surface area contributed by atoms with E-state index in [4.69, 9.17) is 4.74 Å². The van der Waals surface area contributed by atoms with Crippen LogP contribution in [0.2, 0.25) is 0 Å². The van der Waals surface area contributed by atoms with E-state index in [0.29, 0.717) is 50.4 Å². The van der Waals surface area contributed by atoms with Gasteiger partial charge in [0.05, 0.1) is 18.1 Å². The van der Waals surface area contributed by atoms with Crippen molar-refractivity contribution >= 4 is 27.3 Å². The Balaban J connectivity index is 1.84. The van der Waals surface area contributed by atoms with Crippen molar-refractivity contribution in [3.63, 3.8) is 0 Å². The molecule has 6 nitrogen and oxygen atoms in total. The van der Waals surface area contributed by atoms with Crippen molar-refractivity contribution < 1.29 is 17.9 Å². The molecule has 1 aliphatic heterocycles. The number of carbonyl (C=O) groups excluding carboxylic acids is 1. The van der Waals surface area contributed by atoms with Crippen molar-refractivity contribution in [3.8, 4) is 0 Å². The fourth-order valence-corrected chi connectivity index (χ4v) is 5.23. The number of morpholine rings is 1. The van der Waals surface area contributed by atoms with Crippen LogP contribution in [0.25, 0.3) is 0 Å². The predicted molar refractivity (Wildman–Crippen MR) is 101 cm³/mol. The van der Waals surface area contributed by atoms with Crippen LogP contribution in [-0.4, -0.2) is 44.9 Å². The first kappa shape index (κ1) is 19.0. The second-order valence-corrected chi connectivity index (χ2v) is 8.69. The second kappa shape index (κ2) is 8.30. The van der Waals surface area contributed by atoms with Crippen molar-refractivity contribution in [2.45, 2.75) is 24.8 Å². The molecule has 140 valence electrons. The minimum Gasteiger partial charge on any atom is -0.379 e. The lowest BCUT2D eigenvalue weighted by molar-refractivity contribution is 0.0730. The molecule has 26 heavy (non-hydrogen) atoms. The number of aryl methyl sites for hydroxylation is 1. The molecule has 1 amide bonds. The highest BCUT2D eigenvalue weighted by atomic mass is 32.2. The summed E-state index contributed by atoms with van der Waals surface area (Å²) in [6.45, 7) is 3.77. The van der Waals surface area contributed by atoms with Crippen molar-refractivity contribution in [1.82, 2.24) is 9.62 Å². The molecular formula is C18H22N2O4S2. The Labute approximate surface area is 157 Å². The zero-order valence-electron chi connectivity index (χ0n) is 14.6. The van der Waals surface area contributed by atoms with Gasteiger partial charge in [-0.15, -0.1) is 0 Å². The summed E-state index contributed by atoms with van der Waals surface area (Å²) in [5.74, 6) is -0.280. The normalized spacial score (nSPS) is 15.7. The summed E-state index contributed by atoms with van der Waals surface area (Å²) in [7, 11) is -3.64. The molecule has 1 aromatic heterocycles. The lowest BCUT2D eigenvalue weighted by atomic mass is 10.1. The fourth-order valence-electron chi connectivity index (χ4n) is 2.83. The number of nitrogens with one attached hydrogen (secondary N) is 1. The standard InChI is InChI=1S/C18H22N2O4S2/c1-2-15-3-4-16(18(21)19-12-14-5-10-25-13-14)11-17(15)26(22,23)20-6-8-24-9-7-20/h3-5,10-11,13H,2,6-9,12H2,1H3,(H,19,21). The topological polar surface area (TPSA) is 75.7 Å². The van der Waals surface area contributed by atoms with Crippen molar-refractivity contribution in [3.05, 3.63) is 51.7 Å². The molecule has 0 atom stereocenters.